The predicted octanol–water partition coefficient (Wildman–Crippen LogP) is 1.92. The van der Waals surface area contributed by atoms with E-state index in [4.69, 9.17) is 0 Å². The Bertz CT molecular complexity index is 383. The van der Waals surface area contributed by atoms with Crippen LogP contribution in [-0.4, -0.2) is 18.9 Å². The van der Waals surface area contributed by atoms with Gasteiger partial charge in [0, 0.05) is 12.8 Å². The second-order valence-corrected chi connectivity index (χ2v) is 3.77. The van der Waals surface area contributed by atoms with Crippen LogP contribution in [0, 0.1) is 0 Å². The molecule has 0 saturated heterocycles. The Balaban J connectivity index is 2.60. The molecule has 0 aliphatic carbocycles. The van der Waals surface area contributed by atoms with Gasteiger partial charge in [-0.15, -0.1) is 0 Å². The van der Waals surface area contributed by atoms with Gasteiger partial charge in [0.25, 0.3) is 0 Å². The van der Waals surface area contributed by atoms with Gasteiger partial charge in [-0.1, -0.05) is 24.3 Å². The van der Waals surface area contributed by atoms with Crippen LogP contribution in [0.25, 0.3) is 0 Å². The van der Waals surface area contributed by atoms with Gasteiger partial charge in [0.15, 0.2) is 0 Å². The molecule has 0 saturated carbocycles. The second kappa shape index (κ2) is 6.05. The number of ketones is 1. The second-order valence-electron chi connectivity index (χ2n) is 3.77. The number of hydrogen-bond acceptors (Lipinski definition) is 3. The van der Waals surface area contributed by atoms with Gasteiger partial charge in [-0.2, -0.15) is 0 Å². The minimum absolute atomic E-state index is 0.144. The first-order chi connectivity index (χ1) is 7.61. The summed E-state index contributed by atoms with van der Waals surface area (Å²) in [6, 6.07) is 7.74. The molecule has 1 rings (SSSR count). The highest BCUT2D eigenvalue weighted by molar-refractivity contribution is 5.78. The standard InChI is InChI=1S/C13H16O3/c1-10(14)8-12-5-3-4-11(9-12)6-7-13(15)16-2/h3-5,9H,6-8H2,1-2H3. The van der Waals surface area contributed by atoms with Crippen molar-refractivity contribution in [3.8, 4) is 0 Å². The van der Waals surface area contributed by atoms with Gasteiger partial charge in [-0.25, -0.2) is 0 Å². The fraction of sp³-hybridized carbons (Fsp3) is 0.385. The van der Waals surface area contributed by atoms with E-state index < -0.39 is 0 Å². The number of Topliss-reactive ketones (excluding diaryl/α,β-unsaturated/α-hetero) is 1. The Labute approximate surface area is 95.4 Å². The summed E-state index contributed by atoms with van der Waals surface area (Å²) < 4.78 is 4.57. The van der Waals surface area contributed by atoms with Crippen LogP contribution in [0.1, 0.15) is 24.5 Å². The largest absolute Gasteiger partial charge is 0.469 e. The van der Waals surface area contributed by atoms with Crippen LogP contribution in [0.2, 0.25) is 0 Å². The Morgan fingerprint density at radius 3 is 2.56 bits per heavy atom. The van der Waals surface area contributed by atoms with Gasteiger partial charge < -0.3 is 4.74 Å². The first-order valence-electron chi connectivity index (χ1n) is 5.26. The highest BCUT2D eigenvalue weighted by atomic mass is 16.5. The molecule has 0 aliphatic rings. The van der Waals surface area contributed by atoms with E-state index in [1.54, 1.807) is 6.92 Å². The van der Waals surface area contributed by atoms with Gasteiger partial charge in [0.1, 0.15) is 5.78 Å². The van der Waals surface area contributed by atoms with Crippen LogP contribution in [0.15, 0.2) is 24.3 Å². The molecule has 86 valence electrons. The zero-order valence-electron chi connectivity index (χ0n) is 9.66. The molecule has 3 nitrogen and oxygen atoms in total. The van der Waals surface area contributed by atoms with Crippen molar-refractivity contribution in [1.82, 2.24) is 0 Å². The third-order valence-corrected chi connectivity index (χ3v) is 2.29. The molecule has 0 aromatic heterocycles. The lowest BCUT2D eigenvalue weighted by Crippen LogP contribution is -2.02. The normalized spacial score (nSPS) is 9.88. The molecule has 0 bridgehead atoms. The van der Waals surface area contributed by atoms with Crippen molar-refractivity contribution in [1.29, 1.82) is 0 Å². The van der Waals surface area contributed by atoms with Crippen molar-refractivity contribution < 1.29 is 14.3 Å². The number of rotatable bonds is 5. The Hall–Kier alpha value is -1.64. The highest BCUT2D eigenvalue weighted by Gasteiger charge is 2.03. The first kappa shape index (κ1) is 12.4. The lowest BCUT2D eigenvalue weighted by atomic mass is 10.0. The maximum absolute atomic E-state index is 11.0. The number of aryl methyl sites for hydroxylation is 1. The number of ether oxygens (including phenoxy) is 1. The summed E-state index contributed by atoms with van der Waals surface area (Å²) in [6.45, 7) is 1.57. The summed E-state index contributed by atoms with van der Waals surface area (Å²) in [5.41, 5.74) is 2.05. The Morgan fingerprint density at radius 2 is 1.94 bits per heavy atom. The molecule has 3 heteroatoms. The van der Waals surface area contributed by atoms with Crippen LogP contribution >= 0.6 is 0 Å². The lowest BCUT2D eigenvalue weighted by Gasteiger charge is -2.03. The molecular weight excluding hydrogens is 204 g/mol. The number of esters is 1. The molecule has 16 heavy (non-hydrogen) atoms. The van der Waals surface area contributed by atoms with Gasteiger partial charge in [-0.3, -0.25) is 9.59 Å². The minimum atomic E-state index is -0.211. The summed E-state index contributed by atoms with van der Waals surface area (Å²) in [4.78, 5) is 21.9. The van der Waals surface area contributed by atoms with E-state index in [9.17, 15) is 9.59 Å². The summed E-state index contributed by atoms with van der Waals surface area (Å²) in [5.74, 6) is -0.0675. The zero-order valence-corrected chi connectivity index (χ0v) is 9.66. The van der Waals surface area contributed by atoms with E-state index in [0.29, 0.717) is 19.3 Å². The third-order valence-electron chi connectivity index (χ3n) is 2.29. The van der Waals surface area contributed by atoms with Crippen molar-refractivity contribution in [3.63, 3.8) is 0 Å². The monoisotopic (exact) mass is 220 g/mol. The van der Waals surface area contributed by atoms with Crippen molar-refractivity contribution >= 4 is 11.8 Å². The quantitative estimate of drug-likeness (QED) is 0.712. The van der Waals surface area contributed by atoms with Gasteiger partial charge >= 0.3 is 5.97 Å². The number of methoxy groups -OCH3 is 1. The van der Waals surface area contributed by atoms with Crippen LogP contribution in [0.4, 0.5) is 0 Å². The van der Waals surface area contributed by atoms with E-state index in [1.165, 1.54) is 7.11 Å². The molecule has 0 heterocycles. The molecule has 1 aromatic carbocycles. The van der Waals surface area contributed by atoms with E-state index in [0.717, 1.165) is 11.1 Å². The van der Waals surface area contributed by atoms with Crippen LogP contribution in [0.3, 0.4) is 0 Å². The highest BCUT2D eigenvalue weighted by Crippen LogP contribution is 2.09. The number of benzene rings is 1. The third kappa shape index (κ3) is 4.26. The molecular formula is C13H16O3. The number of carbonyl (C=O) groups excluding carboxylic acids is 2. The molecule has 0 N–H and O–H groups in total. The average molecular weight is 220 g/mol. The SMILES string of the molecule is COC(=O)CCc1cccc(CC(C)=O)c1. The Morgan fingerprint density at radius 1 is 1.25 bits per heavy atom. The van der Waals surface area contributed by atoms with Crippen molar-refractivity contribution in [2.75, 3.05) is 7.11 Å². The molecule has 0 fully saturated rings. The van der Waals surface area contributed by atoms with E-state index in [2.05, 4.69) is 4.74 Å². The molecule has 0 amide bonds. The zero-order chi connectivity index (χ0) is 12.0. The molecule has 0 atom stereocenters. The molecule has 0 unspecified atom stereocenters. The minimum Gasteiger partial charge on any atom is -0.469 e. The lowest BCUT2D eigenvalue weighted by molar-refractivity contribution is -0.140. The fourth-order valence-electron chi connectivity index (χ4n) is 1.53. The van der Waals surface area contributed by atoms with Crippen LogP contribution in [0.5, 0.6) is 0 Å². The first-order valence-corrected chi connectivity index (χ1v) is 5.26. The molecule has 1 aromatic rings. The summed E-state index contributed by atoms with van der Waals surface area (Å²) in [6.07, 6.45) is 1.48. The van der Waals surface area contributed by atoms with Gasteiger partial charge in [0.05, 0.1) is 7.11 Å². The van der Waals surface area contributed by atoms with Gasteiger partial charge in [-0.05, 0) is 24.5 Å². The molecule has 0 aliphatic heterocycles. The number of hydrogen-bond donors (Lipinski definition) is 0. The topological polar surface area (TPSA) is 43.4 Å². The summed E-state index contributed by atoms with van der Waals surface area (Å²) in [7, 11) is 1.38. The fourth-order valence-corrected chi connectivity index (χ4v) is 1.53. The van der Waals surface area contributed by atoms with Gasteiger partial charge in [0.2, 0.25) is 0 Å². The maximum Gasteiger partial charge on any atom is 0.305 e. The van der Waals surface area contributed by atoms with Crippen molar-refractivity contribution in [2.24, 2.45) is 0 Å². The smallest absolute Gasteiger partial charge is 0.305 e. The van der Waals surface area contributed by atoms with Crippen LogP contribution in [-0.2, 0) is 27.2 Å². The summed E-state index contributed by atoms with van der Waals surface area (Å²) in [5, 5.41) is 0. The van der Waals surface area contributed by atoms with E-state index >= 15 is 0 Å². The number of carbonyl (C=O) groups is 2. The molecule has 0 spiro atoms. The summed E-state index contributed by atoms with van der Waals surface area (Å²) >= 11 is 0. The van der Waals surface area contributed by atoms with Crippen molar-refractivity contribution in [3.05, 3.63) is 35.4 Å². The van der Waals surface area contributed by atoms with Crippen molar-refractivity contribution in [2.45, 2.75) is 26.2 Å². The molecule has 0 radical (unpaired) electrons. The van der Waals surface area contributed by atoms with Crippen LogP contribution < -0.4 is 0 Å². The van der Waals surface area contributed by atoms with E-state index in [1.807, 2.05) is 24.3 Å². The average Bonchev–Trinajstić information content (AvgIpc) is 2.25. The predicted molar refractivity (Wildman–Crippen MR) is 61.2 cm³/mol. The Kier molecular flexibility index (Phi) is 4.70. The van der Waals surface area contributed by atoms with E-state index in [-0.39, 0.29) is 11.8 Å². The maximum atomic E-state index is 11.0.